The lowest BCUT2D eigenvalue weighted by molar-refractivity contribution is 0.0727. The third kappa shape index (κ3) is 3.63. The summed E-state index contributed by atoms with van der Waals surface area (Å²) in [5.41, 5.74) is -3.33. The molecule has 0 amide bonds. The van der Waals surface area contributed by atoms with E-state index in [1.54, 1.807) is 0 Å². The van der Waals surface area contributed by atoms with Gasteiger partial charge in [-0.05, 0) is 24.3 Å². The summed E-state index contributed by atoms with van der Waals surface area (Å²) in [6.07, 6.45) is 0.545. The third-order valence-corrected chi connectivity index (χ3v) is 3.43. The Bertz CT molecular complexity index is 1220. The number of carbonyl (C=O) groups is 2. The molecule has 0 radical (unpaired) electrons. The number of carbonyl (C=O) groups excluding carboxylic acids is 2. The maximum absolute atomic E-state index is 13.4. The van der Waals surface area contributed by atoms with Gasteiger partial charge in [0.25, 0.3) is 17.0 Å². The predicted molar refractivity (Wildman–Crippen MR) is 89.5 cm³/mol. The molecule has 136 valence electrons. The van der Waals surface area contributed by atoms with Crippen molar-refractivity contribution < 1.29 is 18.7 Å². The normalized spacial score (nSPS) is 10.4. The number of pyridine rings is 1. The number of nitrogens with one attached hydrogen (secondary N) is 2. The molecule has 10 heteroatoms. The highest BCUT2D eigenvalue weighted by Gasteiger charge is 2.18. The van der Waals surface area contributed by atoms with Crippen LogP contribution in [-0.4, -0.2) is 26.4 Å². The van der Waals surface area contributed by atoms with E-state index in [0.717, 1.165) is 6.07 Å². The Kier molecular flexibility index (Phi) is 4.62. The van der Waals surface area contributed by atoms with Crippen molar-refractivity contribution in [1.82, 2.24) is 14.5 Å². The zero-order valence-electron chi connectivity index (χ0n) is 13.4. The van der Waals surface area contributed by atoms with Gasteiger partial charge in [0.1, 0.15) is 0 Å². The number of hydrogen-bond acceptors (Lipinski definition) is 6. The Balaban J connectivity index is 1.94. The molecule has 0 fully saturated rings. The first-order chi connectivity index (χ1) is 12.9. The molecule has 0 saturated heterocycles. The van der Waals surface area contributed by atoms with Crippen molar-refractivity contribution >= 4 is 11.9 Å². The molecule has 1 aromatic carbocycles. The monoisotopic (exact) mass is 371 g/mol. The van der Waals surface area contributed by atoms with Crippen LogP contribution in [0.2, 0.25) is 0 Å². The smallest absolute Gasteiger partial charge is 0.344 e. The minimum atomic E-state index is -1.42. The van der Waals surface area contributed by atoms with Gasteiger partial charge in [0.15, 0.2) is 0 Å². The second kappa shape index (κ2) is 7.04. The number of halogens is 1. The van der Waals surface area contributed by atoms with Gasteiger partial charge in [-0.3, -0.25) is 19.4 Å². The lowest BCUT2D eigenvalue weighted by Gasteiger charge is -2.06. The molecule has 2 N–H and O–H groups in total. The minimum Gasteiger partial charge on any atom is -0.406 e. The Morgan fingerprint density at radius 1 is 1.00 bits per heavy atom. The van der Waals surface area contributed by atoms with Gasteiger partial charge in [0.05, 0.1) is 5.56 Å². The molecule has 3 aromatic rings. The largest absolute Gasteiger partial charge is 0.406 e. The molecular weight excluding hydrogens is 361 g/mol. The van der Waals surface area contributed by atoms with E-state index < -0.39 is 34.5 Å². The summed E-state index contributed by atoms with van der Waals surface area (Å²) in [4.78, 5) is 63.4. The van der Waals surface area contributed by atoms with Gasteiger partial charge in [-0.2, -0.15) is 8.96 Å². The van der Waals surface area contributed by atoms with Crippen LogP contribution in [0.15, 0.2) is 63.0 Å². The van der Waals surface area contributed by atoms with E-state index in [1.165, 1.54) is 36.4 Å². The van der Waals surface area contributed by atoms with Crippen LogP contribution in [0, 0.1) is 5.82 Å². The summed E-state index contributed by atoms with van der Waals surface area (Å²) >= 11 is 0. The summed E-state index contributed by atoms with van der Waals surface area (Å²) in [5, 5.41) is 0. The maximum Gasteiger partial charge on any atom is 0.344 e. The van der Waals surface area contributed by atoms with Crippen molar-refractivity contribution in [1.29, 1.82) is 0 Å². The van der Waals surface area contributed by atoms with Gasteiger partial charge < -0.3 is 9.72 Å². The van der Waals surface area contributed by atoms with Gasteiger partial charge in [0.2, 0.25) is 11.7 Å². The fourth-order valence-corrected chi connectivity index (χ4v) is 2.19. The summed E-state index contributed by atoms with van der Waals surface area (Å²) in [5.74, 6) is -3.44. The second-order valence-corrected chi connectivity index (χ2v) is 5.24. The number of benzene rings is 1. The van der Waals surface area contributed by atoms with Crippen LogP contribution in [0.3, 0.4) is 0 Å². The standard InChI is InChI=1S/C17H10FN3O6/c18-11-8-19-17(26)21(15(11)24)14(23)9-3-1-4-10(7-9)16(25)27-13-6-2-5-12(22)20-13/h1-8H,(H,19,26)(H,20,22). The SMILES string of the molecule is O=C(Oc1cccc(=O)[nH]1)c1cccc(C(=O)n2c(=O)[nH]cc(F)c2=O)c1. The van der Waals surface area contributed by atoms with Crippen LogP contribution in [0.1, 0.15) is 20.7 Å². The molecular formula is C17H10FN3O6. The number of esters is 1. The van der Waals surface area contributed by atoms with Gasteiger partial charge in [-0.15, -0.1) is 0 Å². The van der Waals surface area contributed by atoms with E-state index in [2.05, 4.69) is 4.98 Å². The van der Waals surface area contributed by atoms with Gasteiger partial charge in [-0.25, -0.2) is 9.59 Å². The highest BCUT2D eigenvalue weighted by atomic mass is 19.1. The molecule has 0 atom stereocenters. The molecule has 2 aromatic heterocycles. The number of aromatic amines is 2. The molecule has 0 aliphatic carbocycles. The predicted octanol–water partition coefficient (Wildman–Crippen LogP) is 0.272. The topological polar surface area (TPSA) is 131 Å². The molecule has 0 bridgehead atoms. The van der Waals surface area contributed by atoms with Crippen molar-refractivity contribution in [3.05, 3.63) is 96.8 Å². The zero-order valence-corrected chi connectivity index (χ0v) is 13.4. The minimum absolute atomic E-state index is 0.0778. The average molecular weight is 371 g/mol. The Morgan fingerprint density at radius 2 is 1.70 bits per heavy atom. The molecule has 2 heterocycles. The van der Waals surface area contributed by atoms with Crippen LogP contribution in [-0.2, 0) is 0 Å². The highest BCUT2D eigenvalue weighted by molar-refractivity contribution is 5.99. The summed E-state index contributed by atoms with van der Waals surface area (Å²) < 4.78 is 18.4. The van der Waals surface area contributed by atoms with E-state index in [-0.39, 0.29) is 21.6 Å². The Hall–Kier alpha value is -4.08. The Morgan fingerprint density at radius 3 is 2.44 bits per heavy atom. The molecule has 3 rings (SSSR count). The fraction of sp³-hybridized carbons (Fsp3) is 0. The molecule has 0 aliphatic heterocycles. The van der Waals surface area contributed by atoms with Crippen molar-refractivity contribution in [3.63, 3.8) is 0 Å². The summed E-state index contributed by atoms with van der Waals surface area (Å²) in [6, 6.07) is 8.90. The van der Waals surface area contributed by atoms with E-state index in [1.807, 2.05) is 4.98 Å². The fourth-order valence-electron chi connectivity index (χ4n) is 2.19. The summed E-state index contributed by atoms with van der Waals surface area (Å²) in [7, 11) is 0. The summed E-state index contributed by atoms with van der Waals surface area (Å²) in [6.45, 7) is 0. The number of aromatic nitrogens is 3. The molecule has 27 heavy (non-hydrogen) atoms. The van der Waals surface area contributed by atoms with E-state index in [0.29, 0.717) is 6.20 Å². The van der Waals surface area contributed by atoms with E-state index >= 15 is 0 Å². The molecule has 0 spiro atoms. The van der Waals surface area contributed by atoms with Crippen LogP contribution >= 0.6 is 0 Å². The number of ether oxygens (including phenoxy) is 1. The first kappa shape index (κ1) is 17.7. The van der Waals surface area contributed by atoms with Crippen LogP contribution in [0.25, 0.3) is 0 Å². The number of nitrogens with zero attached hydrogens (tertiary/aromatic N) is 1. The number of hydrogen-bond donors (Lipinski definition) is 2. The first-order valence-electron chi connectivity index (χ1n) is 7.43. The van der Waals surface area contributed by atoms with E-state index in [4.69, 9.17) is 4.74 Å². The lowest BCUT2D eigenvalue weighted by Crippen LogP contribution is -2.41. The Labute approximate surface area is 148 Å². The maximum atomic E-state index is 13.4. The van der Waals surface area contributed by atoms with Crippen LogP contribution in [0.5, 0.6) is 5.88 Å². The molecule has 0 aliphatic rings. The van der Waals surface area contributed by atoms with Crippen molar-refractivity contribution in [3.8, 4) is 5.88 Å². The molecule has 0 unspecified atom stereocenters. The van der Waals surface area contributed by atoms with Crippen LogP contribution < -0.4 is 21.5 Å². The zero-order chi connectivity index (χ0) is 19.6. The number of H-pyrrole nitrogens is 2. The van der Waals surface area contributed by atoms with Gasteiger partial charge >= 0.3 is 11.7 Å². The second-order valence-electron chi connectivity index (χ2n) is 5.24. The first-order valence-corrected chi connectivity index (χ1v) is 7.43. The van der Waals surface area contributed by atoms with Crippen molar-refractivity contribution in [2.24, 2.45) is 0 Å². The quantitative estimate of drug-likeness (QED) is 0.636. The third-order valence-electron chi connectivity index (χ3n) is 3.43. The van der Waals surface area contributed by atoms with Crippen molar-refractivity contribution in [2.75, 3.05) is 0 Å². The average Bonchev–Trinajstić information content (AvgIpc) is 2.65. The highest BCUT2D eigenvalue weighted by Crippen LogP contribution is 2.10. The lowest BCUT2D eigenvalue weighted by atomic mass is 10.1. The van der Waals surface area contributed by atoms with Crippen molar-refractivity contribution in [2.45, 2.75) is 0 Å². The molecule has 9 nitrogen and oxygen atoms in total. The number of rotatable bonds is 3. The van der Waals surface area contributed by atoms with Gasteiger partial charge in [-0.1, -0.05) is 12.1 Å². The van der Waals surface area contributed by atoms with Crippen LogP contribution in [0.4, 0.5) is 4.39 Å². The van der Waals surface area contributed by atoms with Gasteiger partial charge in [0, 0.05) is 17.8 Å². The molecule has 0 saturated carbocycles. The van der Waals surface area contributed by atoms with E-state index in [9.17, 15) is 28.4 Å².